The van der Waals surface area contributed by atoms with E-state index in [0.29, 0.717) is 18.1 Å². The lowest BCUT2D eigenvalue weighted by molar-refractivity contribution is -0.130. The maximum atomic E-state index is 12.8. The number of amides is 1. The minimum absolute atomic E-state index is 0.0582. The molecule has 25 heavy (non-hydrogen) atoms. The summed E-state index contributed by atoms with van der Waals surface area (Å²) in [5, 5.41) is 3.73. The molecule has 1 aromatic carbocycles. The van der Waals surface area contributed by atoms with Gasteiger partial charge in [0, 0.05) is 36.4 Å². The molecule has 1 aromatic heterocycles. The fourth-order valence-corrected chi connectivity index (χ4v) is 3.47. The molecule has 0 radical (unpaired) electrons. The second kappa shape index (κ2) is 7.40. The summed E-state index contributed by atoms with van der Waals surface area (Å²) in [6.07, 6.45) is 3.40. The van der Waals surface area contributed by atoms with Crippen LogP contribution in [0.4, 0.5) is 5.82 Å². The van der Waals surface area contributed by atoms with Gasteiger partial charge in [-0.15, -0.1) is 0 Å². The molecule has 0 bridgehead atoms. The van der Waals surface area contributed by atoms with Crippen molar-refractivity contribution in [2.24, 2.45) is 5.41 Å². The molecule has 1 N–H and O–H groups in total. The van der Waals surface area contributed by atoms with Crippen molar-refractivity contribution < 1.29 is 4.79 Å². The quantitative estimate of drug-likeness (QED) is 0.910. The molecule has 132 valence electrons. The van der Waals surface area contributed by atoms with Crippen LogP contribution in [0.5, 0.6) is 0 Å². The lowest BCUT2D eigenvalue weighted by Crippen LogP contribution is -2.50. The van der Waals surface area contributed by atoms with Gasteiger partial charge in [-0.2, -0.15) is 0 Å². The Balaban J connectivity index is 1.67. The summed E-state index contributed by atoms with van der Waals surface area (Å²) in [6, 6.07) is 9.55. The number of piperidine rings is 1. The van der Waals surface area contributed by atoms with Crippen LogP contribution < -0.4 is 10.2 Å². The molecule has 5 nitrogen and oxygen atoms in total. The highest BCUT2D eigenvalue weighted by Crippen LogP contribution is 2.32. The highest BCUT2D eigenvalue weighted by atomic mass is 35.5. The highest BCUT2D eigenvalue weighted by molar-refractivity contribution is 6.31. The first-order valence-corrected chi connectivity index (χ1v) is 8.91. The number of rotatable bonds is 4. The van der Waals surface area contributed by atoms with Gasteiger partial charge in [-0.25, -0.2) is 9.97 Å². The summed E-state index contributed by atoms with van der Waals surface area (Å²) in [5.41, 5.74) is 1.42. The Hall–Kier alpha value is -2.14. The van der Waals surface area contributed by atoms with Crippen LogP contribution in [0.2, 0.25) is 5.02 Å². The van der Waals surface area contributed by atoms with Crippen molar-refractivity contribution in [3.63, 3.8) is 0 Å². The summed E-state index contributed by atoms with van der Waals surface area (Å²) in [6.45, 7) is 5.97. The van der Waals surface area contributed by atoms with Crippen LogP contribution in [0.1, 0.15) is 31.0 Å². The Bertz CT molecular complexity index is 767. The first-order valence-electron chi connectivity index (χ1n) is 8.53. The van der Waals surface area contributed by atoms with E-state index in [1.807, 2.05) is 44.2 Å². The molecule has 0 unspecified atom stereocenters. The molecular formula is C19H23ClN4O. The van der Waals surface area contributed by atoms with Crippen molar-refractivity contribution in [3.05, 3.63) is 52.9 Å². The summed E-state index contributed by atoms with van der Waals surface area (Å²) >= 11 is 6.17. The van der Waals surface area contributed by atoms with Crippen molar-refractivity contribution in [2.75, 3.05) is 18.0 Å². The van der Waals surface area contributed by atoms with Crippen LogP contribution in [0.25, 0.3) is 0 Å². The zero-order chi connectivity index (χ0) is 17.9. The van der Waals surface area contributed by atoms with Gasteiger partial charge >= 0.3 is 0 Å². The third-order valence-corrected chi connectivity index (χ3v) is 5.12. The monoisotopic (exact) mass is 358 g/mol. The Morgan fingerprint density at radius 3 is 2.92 bits per heavy atom. The lowest BCUT2D eigenvalue weighted by Gasteiger charge is -2.40. The van der Waals surface area contributed by atoms with E-state index in [1.165, 1.54) is 0 Å². The second-order valence-electron chi connectivity index (χ2n) is 6.88. The number of benzene rings is 1. The number of carbonyl (C=O) groups excluding carboxylic acids is 1. The minimum atomic E-state index is -0.446. The zero-order valence-corrected chi connectivity index (χ0v) is 15.4. The number of aryl methyl sites for hydroxylation is 1. The smallest absolute Gasteiger partial charge is 0.227 e. The van der Waals surface area contributed by atoms with Crippen molar-refractivity contribution in [2.45, 2.75) is 33.2 Å². The van der Waals surface area contributed by atoms with Gasteiger partial charge in [-0.3, -0.25) is 4.79 Å². The van der Waals surface area contributed by atoms with Gasteiger partial charge in [0.1, 0.15) is 12.1 Å². The molecule has 1 fully saturated rings. The summed E-state index contributed by atoms with van der Waals surface area (Å²) < 4.78 is 0. The van der Waals surface area contributed by atoms with Gasteiger partial charge in [0.25, 0.3) is 0 Å². The molecule has 2 aromatic rings. The van der Waals surface area contributed by atoms with Gasteiger partial charge in [-0.05, 0) is 38.3 Å². The van der Waals surface area contributed by atoms with Crippen LogP contribution in [-0.4, -0.2) is 29.0 Å². The van der Waals surface area contributed by atoms with Crippen LogP contribution in [0.3, 0.4) is 0 Å². The zero-order valence-electron chi connectivity index (χ0n) is 14.6. The molecule has 0 spiro atoms. The number of hydrogen-bond acceptors (Lipinski definition) is 4. The average molecular weight is 359 g/mol. The van der Waals surface area contributed by atoms with Gasteiger partial charge in [0.2, 0.25) is 5.91 Å². The Labute approximate surface area is 153 Å². The molecule has 0 aliphatic carbocycles. The van der Waals surface area contributed by atoms with E-state index < -0.39 is 5.41 Å². The normalized spacial score (nSPS) is 20.4. The number of carbonyl (C=O) groups is 1. The van der Waals surface area contributed by atoms with E-state index in [9.17, 15) is 4.79 Å². The molecule has 3 rings (SSSR count). The molecule has 1 saturated heterocycles. The van der Waals surface area contributed by atoms with Crippen molar-refractivity contribution in [3.8, 4) is 0 Å². The molecule has 0 saturated carbocycles. The van der Waals surface area contributed by atoms with Crippen LogP contribution in [0.15, 0.2) is 36.7 Å². The summed E-state index contributed by atoms with van der Waals surface area (Å²) in [7, 11) is 0. The van der Waals surface area contributed by atoms with E-state index >= 15 is 0 Å². The molecule has 6 heteroatoms. The fourth-order valence-electron chi connectivity index (χ4n) is 3.26. The Morgan fingerprint density at radius 1 is 1.36 bits per heavy atom. The lowest BCUT2D eigenvalue weighted by atomic mass is 9.81. The second-order valence-corrected chi connectivity index (χ2v) is 7.28. The largest absolute Gasteiger partial charge is 0.355 e. The van der Waals surface area contributed by atoms with E-state index in [2.05, 4.69) is 20.2 Å². The number of nitrogens with one attached hydrogen (secondary N) is 1. The van der Waals surface area contributed by atoms with Gasteiger partial charge < -0.3 is 10.2 Å². The minimum Gasteiger partial charge on any atom is -0.355 e. The summed E-state index contributed by atoms with van der Waals surface area (Å²) in [4.78, 5) is 23.5. The van der Waals surface area contributed by atoms with E-state index in [1.54, 1.807) is 6.33 Å². The van der Waals surface area contributed by atoms with Gasteiger partial charge in [0.05, 0.1) is 5.41 Å². The average Bonchev–Trinajstić information content (AvgIpc) is 2.61. The predicted octanol–water partition coefficient (Wildman–Crippen LogP) is 3.36. The summed E-state index contributed by atoms with van der Waals surface area (Å²) in [5.74, 6) is 0.945. The Kier molecular flexibility index (Phi) is 5.23. The molecular weight excluding hydrogens is 336 g/mol. The third-order valence-electron chi connectivity index (χ3n) is 4.76. The maximum Gasteiger partial charge on any atom is 0.227 e. The Morgan fingerprint density at radius 2 is 2.16 bits per heavy atom. The molecule has 1 aliphatic heterocycles. The first-order chi connectivity index (χ1) is 12.0. The number of nitrogens with zero attached hydrogens (tertiary/aromatic N) is 3. The van der Waals surface area contributed by atoms with Crippen molar-refractivity contribution in [1.82, 2.24) is 15.3 Å². The number of halogens is 1. The third kappa shape index (κ3) is 4.10. The molecule has 1 atom stereocenters. The van der Waals surface area contributed by atoms with Gasteiger partial charge in [-0.1, -0.05) is 29.8 Å². The van der Waals surface area contributed by atoms with E-state index in [4.69, 9.17) is 11.6 Å². The SMILES string of the molecule is Cc1cc(N2CCC[C@](C)(C(=O)NCc3ccccc3Cl)C2)ncn1. The van der Waals surface area contributed by atoms with Crippen LogP contribution in [-0.2, 0) is 11.3 Å². The number of aromatic nitrogens is 2. The molecule has 2 heterocycles. The standard InChI is InChI=1S/C19H23ClN4O/c1-14-10-17(23-13-22-14)24-9-5-8-19(2,12-24)18(25)21-11-15-6-3-4-7-16(15)20/h3-4,6-7,10,13H,5,8-9,11-12H2,1-2H3,(H,21,25)/t19-/m0/s1. The number of hydrogen-bond donors (Lipinski definition) is 1. The molecule has 1 amide bonds. The van der Waals surface area contributed by atoms with Crippen molar-refractivity contribution in [1.29, 1.82) is 0 Å². The maximum absolute atomic E-state index is 12.8. The number of anilines is 1. The van der Waals surface area contributed by atoms with Crippen molar-refractivity contribution >= 4 is 23.3 Å². The van der Waals surface area contributed by atoms with E-state index in [0.717, 1.165) is 36.5 Å². The highest BCUT2D eigenvalue weighted by Gasteiger charge is 2.38. The van der Waals surface area contributed by atoms with Crippen LogP contribution >= 0.6 is 11.6 Å². The first kappa shape index (κ1) is 17.7. The molecule has 1 aliphatic rings. The van der Waals surface area contributed by atoms with Crippen LogP contribution in [0, 0.1) is 12.3 Å². The fraction of sp³-hybridized carbons (Fsp3) is 0.421. The predicted molar refractivity (Wildman–Crippen MR) is 99.6 cm³/mol. The topological polar surface area (TPSA) is 58.1 Å². The van der Waals surface area contributed by atoms with Gasteiger partial charge in [0.15, 0.2) is 0 Å². The van der Waals surface area contributed by atoms with E-state index in [-0.39, 0.29) is 5.91 Å².